The largest absolute Gasteiger partial charge is 0.696 e. The second-order valence-corrected chi connectivity index (χ2v) is 1.06. The molecule has 0 bridgehead atoms. The highest BCUT2D eigenvalue weighted by atomic mass is 32.1. The SMILES string of the molecule is CCOCC.N#C[S-]. The number of nitriles is 1. The van der Waals surface area contributed by atoms with Crippen molar-refractivity contribution in [2.45, 2.75) is 13.8 Å². The molecule has 3 heteroatoms. The average Bonchev–Trinajstić information content (AvgIpc) is 1.71. The first-order valence-corrected chi connectivity index (χ1v) is 2.83. The molecule has 0 aromatic carbocycles. The summed E-state index contributed by atoms with van der Waals surface area (Å²) >= 11 is 3.70. The molecule has 0 aliphatic rings. The maximum Gasteiger partial charge on any atom is 0.0437 e. The van der Waals surface area contributed by atoms with Gasteiger partial charge >= 0.3 is 0 Å². The van der Waals surface area contributed by atoms with E-state index in [0.717, 1.165) is 13.2 Å². The molecule has 0 saturated carbocycles. The molecule has 8 heavy (non-hydrogen) atoms. The first kappa shape index (κ1) is 10.6. The lowest BCUT2D eigenvalue weighted by atomic mass is 10.8. The van der Waals surface area contributed by atoms with Crippen LogP contribution in [0, 0.1) is 10.7 Å². The van der Waals surface area contributed by atoms with Crippen molar-refractivity contribution < 1.29 is 4.74 Å². The Hall–Kier alpha value is -0.330. The highest BCUT2D eigenvalue weighted by molar-refractivity contribution is 7.64. The quantitative estimate of drug-likeness (QED) is 0.416. The number of nitrogens with zero attached hydrogens (tertiary/aromatic N) is 1. The highest BCUT2D eigenvalue weighted by Gasteiger charge is 1.64. The topological polar surface area (TPSA) is 33.0 Å². The third-order valence-corrected chi connectivity index (χ3v) is 0.408. The number of hydrogen-bond acceptors (Lipinski definition) is 3. The second-order valence-electron chi connectivity index (χ2n) is 0.873. The van der Waals surface area contributed by atoms with Gasteiger partial charge in [-0.15, -0.1) is 0 Å². The molecule has 0 amide bonds. The summed E-state index contributed by atoms with van der Waals surface area (Å²) < 4.78 is 4.83. The molecule has 0 aromatic rings. The van der Waals surface area contributed by atoms with E-state index in [1.807, 2.05) is 13.8 Å². The first-order valence-electron chi connectivity index (χ1n) is 2.42. The molecule has 0 radical (unpaired) electrons. The molecule has 0 spiro atoms. The van der Waals surface area contributed by atoms with Gasteiger partial charge in [0.1, 0.15) is 0 Å². The molecule has 0 N–H and O–H groups in total. The predicted octanol–water partition coefficient (Wildman–Crippen LogP) is 1.06. The second kappa shape index (κ2) is 15.9. The summed E-state index contributed by atoms with van der Waals surface area (Å²) in [7, 11) is 0. The molecule has 0 unspecified atom stereocenters. The first-order chi connectivity index (χ1) is 3.83. The average molecular weight is 132 g/mol. The van der Waals surface area contributed by atoms with Crippen molar-refractivity contribution >= 4 is 12.6 Å². The fourth-order valence-corrected chi connectivity index (χ4v) is 0.204. The Bertz CT molecular complexity index is 57.9. The van der Waals surface area contributed by atoms with Gasteiger partial charge in [-0.2, -0.15) is 0 Å². The summed E-state index contributed by atoms with van der Waals surface area (Å²) in [6.45, 7) is 5.67. The van der Waals surface area contributed by atoms with Crippen molar-refractivity contribution in [1.82, 2.24) is 0 Å². The van der Waals surface area contributed by atoms with E-state index in [0.29, 0.717) is 0 Å². The van der Waals surface area contributed by atoms with Gasteiger partial charge in [0.25, 0.3) is 0 Å². The Kier molecular flexibility index (Phi) is 21.1. The lowest BCUT2D eigenvalue weighted by Gasteiger charge is -1.86. The molecular weight excluding hydrogens is 122 g/mol. The summed E-state index contributed by atoms with van der Waals surface area (Å²) in [4.78, 5) is 0. The van der Waals surface area contributed by atoms with E-state index in [1.54, 1.807) is 0 Å². The summed E-state index contributed by atoms with van der Waals surface area (Å²) in [6, 6.07) is 0. The zero-order valence-corrected chi connectivity index (χ0v) is 5.99. The Labute approximate surface area is 55.9 Å². The van der Waals surface area contributed by atoms with Gasteiger partial charge in [-0.1, -0.05) is 5.40 Å². The van der Waals surface area contributed by atoms with E-state index in [1.165, 1.54) is 5.40 Å². The van der Waals surface area contributed by atoms with Gasteiger partial charge < -0.3 is 17.4 Å². The van der Waals surface area contributed by atoms with Crippen LogP contribution in [-0.4, -0.2) is 13.2 Å². The van der Waals surface area contributed by atoms with Gasteiger partial charge in [-0.05, 0) is 13.8 Å². The molecule has 0 heterocycles. The van der Waals surface area contributed by atoms with Gasteiger partial charge in [0, 0.05) is 13.2 Å². The van der Waals surface area contributed by atoms with Crippen LogP contribution in [-0.2, 0) is 17.4 Å². The number of hydrogen-bond donors (Lipinski definition) is 0. The van der Waals surface area contributed by atoms with Gasteiger partial charge in [0.05, 0.1) is 0 Å². The minimum absolute atomic E-state index is 0.844. The van der Waals surface area contributed by atoms with Crippen LogP contribution in [0.15, 0.2) is 0 Å². The summed E-state index contributed by atoms with van der Waals surface area (Å²) in [6.07, 6.45) is 0. The van der Waals surface area contributed by atoms with Gasteiger partial charge in [-0.25, -0.2) is 5.26 Å². The third kappa shape index (κ3) is 44.3. The normalized spacial score (nSPS) is 6.12. The van der Waals surface area contributed by atoms with E-state index in [9.17, 15) is 0 Å². The third-order valence-electron chi connectivity index (χ3n) is 0.408. The summed E-state index contributed by atoms with van der Waals surface area (Å²) in [5, 5.41) is 8.47. The zero-order valence-electron chi connectivity index (χ0n) is 5.18. The van der Waals surface area contributed by atoms with E-state index in [4.69, 9.17) is 10.00 Å². The highest BCUT2D eigenvalue weighted by Crippen LogP contribution is 1.64. The number of ether oxygens (including phenoxy) is 1. The van der Waals surface area contributed by atoms with Crippen LogP contribution in [0.5, 0.6) is 0 Å². The van der Waals surface area contributed by atoms with Crippen LogP contribution >= 0.6 is 0 Å². The summed E-state index contributed by atoms with van der Waals surface area (Å²) in [5.74, 6) is 0. The van der Waals surface area contributed by atoms with Crippen molar-refractivity contribution in [2.24, 2.45) is 0 Å². The van der Waals surface area contributed by atoms with Crippen LogP contribution in [0.25, 0.3) is 0 Å². The van der Waals surface area contributed by atoms with Crippen LogP contribution in [0.1, 0.15) is 13.8 Å². The fourth-order valence-electron chi connectivity index (χ4n) is 0.204. The molecule has 0 aliphatic heterocycles. The zero-order chi connectivity index (χ0) is 6.83. The minimum atomic E-state index is 0.844. The molecule has 0 fully saturated rings. The van der Waals surface area contributed by atoms with Crippen molar-refractivity contribution in [2.75, 3.05) is 13.2 Å². The van der Waals surface area contributed by atoms with Crippen molar-refractivity contribution in [3.05, 3.63) is 0 Å². The minimum Gasteiger partial charge on any atom is -0.696 e. The molecule has 0 aliphatic carbocycles. The molecular formula is C5H10NOS-. The molecule has 48 valence electrons. The lowest BCUT2D eigenvalue weighted by molar-refractivity contribution is 0.162. The molecule has 2 nitrogen and oxygen atoms in total. The van der Waals surface area contributed by atoms with Crippen LogP contribution in [0.4, 0.5) is 0 Å². The maximum absolute atomic E-state index is 7.13. The van der Waals surface area contributed by atoms with Crippen LogP contribution < -0.4 is 0 Å². The van der Waals surface area contributed by atoms with Gasteiger partial charge in [0.2, 0.25) is 0 Å². The molecule has 0 atom stereocenters. The van der Waals surface area contributed by atoms with E-state index in [2.05, 4.69) is 12.6 Å². The van der Waals surface area contributed by atoms with Gasteiger partial charge in [0.15, 0.2) is 0 Å². The Morgan fingerprint density at radius 1 is 1.50 bits per heavy atom. The Morgan fingerprint density at radius 3 is 1.75 bits per heavy atom. The number of thiocyanates is 1. The fraction of sp³-hybridized carbons (Fsp3) is 0.800. The van der Waals surface area contributed by atoms with E-state index in [-0.39, 0.29) is 0 Å². The van der Waals surface area contributed by atoms with Gasteiger partial charge in [-0.3, -0.25) is 0 Å². The predicted molar refractivity (Wildman–Crippen MR) is 35.1 cm³/mol. The van der Waals surface area contributed by atoms with E-state index >= 15 is 0 Å². The van der Waals surface area contributed by atoms with Crippen molar-refractivity contribution in [1.29, 1.82) is 5.26 Å². The van der Waals surface area contributed by atoms with E-state index < -0.39 is 0 Å². The smallest absolute Gasteiger partial charge is 0.0437 e. The molecule has 0 saturated heterocycles. The van der Waals surface area contributed by atoms with Crippen LogP contribution in [0.3, 0.4) is 0 Å². The van der Waals surface area contributed by atoms with Crippen LogP contribution in [0.2, 0.25) is 0 Å². The number of rotatable bonds is 2. The molecule has 0 rings (SSSR count). The summed E-state index contributed by atoms with van der Waals surface area (Å²) in [5.41, 5.74) is 0. The Morgan fingerprint density at radius 2 is 1.75 bits per heavy atom. The van der Waals surface area contributed by atoms with Crippen molar-refractivity contribution in [3.8, 4) is 5.40 Å². The standard InChI is InChI=1S/C4H10O.CHNS/c1-3-5-4-2;2-1-3/h3-4H2,1-2H3;3H/p-1. The maximum atomic E-state index is 7.13. The van der Waals surface area contributed by atoms with Crippen molar-refractivity contribution in [3.63, 3.8) is 0 Å². The lowest BCUT2D eigenvalue weighted by Crippen LogP contribution is -1.84. The monoisotopic (exact) mass is 132 g/mol. The Balaban J connectivity index is 0. The molecule has 0 aromatic heterocycles.